The van der Waals surface area contributed by atoms with E-state index >= 15 is 0 Å². The van der Waals surface area contributed by atoms with Crippen LogP contribution in [0.1, 0.15) is 23.3 Å². The molecule has 21 heavy (non-hydrogen) atoms. The zero-order chi connectivity index (χ0) is 15.2. The highest BCUT2D eigenvalue weighted by Gasteiger charge is 2.28. The molecule has 0 unspecified atom stereocenters. The van der Waals surface area contributed by atoms with Gasteiger partial charge in [0.05, 0.1) is 26.0 Å². The van der Waals surface area contributed by atoms with Gasteiger partial charge in [-0.3, -0.25) is 24.0 Å². The van der Waals surface area contributed by atoms with E-state index in [9.17, 15) is 14.4 Å². The number of hydrogen-bond donors (Lipinski definition) is 1. The molecule has 9 heteroatoms. The molecule has 0 radical (unpaired) electrons. The van der Waals surface area contributed by atoms with Gasteiger partial charge >= 0.3 is 0 Å². The first-order valence-corrected chi connectivity index (χ1v) is 6.63. The molecule has 1 aromatic rings. The Kier molecular flexibility index (Phi) is 4.99. The maximum absolute atomic E-state index is 11.6. The molecule has 9 nitrogen and oxygen atoms in total. The van der Waals surface area contributed by atoms with Crippen LogP contribution in [0.2, 0.25) is 0 Å². The van der Waals surface area contributed by atoms with Gasteiger partial charge < -0.3 is 10.1 Å². The fourth-order valence-electron chi connectivity index (χ4n) is 1.91. The van der Waals surface area contributed by atoms with Gasteiger partial charge in [0.1, 0.15) is 0 Å². The Balaban J connectivity index is 1.57. The number of likely N-dealkylation sites (tertiary alicyclic amines) is 1. The van der Waals surface area contributed by atoms with Crippen molar-refractivity contribution in [3.8, 4) is 0 Å². The van der Waals surface area contributed by atoms with E-state index in [0.717, 1.165) is 0 Å². The van der Waals surface area contributed by atoms with Gasteiger partial charge in [0, 0.05) is 26.4 Å². The lowest BCUT2D eigenvalue weighted by molar-refractivity contribution is -0.139. The van der Waals surface area contributed by atoms with E-state index in [2.05, 4.69) is 15.6 Å². The highest BCUT2D eigenvalue weighted by atomic mass is 16.5. The maximum Gasteiger partial charge on any atom is 0.273 e. The summed E-state index contributed by atoms with van der Waals surface area (Å²) < 4.78 is 6.72. The molecule has 0 atom stereocenters. The fourth-order valence-corrected chi connectivity index (χ4v) is 1.91. The number of amides is 3. The van der Waals surface area contributed by atoms with Crippen molar-refractivity contribution in [2.45, 2.75) is 12.8 Å². The van der Waals surface area contributed by atoms with E-state index in [4.69, 9.17) is 4.74 Å². The summed E-state index contributed by atoms with van der Waals surface area (Å²) in [6.45, 7) is 1.13. The van der Waals surface area contributed by atoms with Gasteiger partial charge in [-0.2, -0.15) is 0 Å². The summed E-state index contributed by atoms with van der Waals surface area (Å²) in [5.41, 5.74) is 0.241. The average molecular weight is 295 g/mol. The molecule has 1 N–H and O–H groups in total. The lowest BCUT2D eigenvalue weighted by Crippen LogP contribution is -2.33. The molecule has 0 bridgehead atoms. The van der Waals surface area contributed by atoms with Crippen molar-refractivity contribution < 1.29 is 19.1 Å². The van der Waals surface area contributed by atoms with E-state index < -0.39 is 0 Å². The van der Waals surface area contributed by atoms with Gasteiger partial charge in [-0.1, -0.05) is 5.21 Å². The number of rotatable bonds is 7. The Morgan fingerprint density at radius 3 is 2.67 bits per heavy atom. The number of nitrogens with zero attached hydrogens (tertiary/aromatic N) is 4. The third-order valence-electron chi connectivity index (χ3n) is 2.98. The fraction of sp³-hybridized carbons (Fsp3) is 0.583. The average Bonchev–Trinajstić information content (AvgIpc) is 3.02. The molecular formula is C12H17N5O4. The highest BCUT2D eigenvalue weighted by Crippen LogP contribution is 2.10. The van der Waals surface area contributed by atoms with Gasteiger partial charge in [0.25, 0.3) is 5.91 Å². The van der Waals surface area contributed by atoms with Crippen LogP contribution in [0.4, 0.5) is 0 Å². The predicted molar refractivity (Wildman–Crippen MR) is 70.1 cm³/mol. The van der Waals surface area contributed by atoms with Crippen LogP contribution in [0.3, 0.4) is 0 Å². The van der Waals surface area contributed by atoms with Crippen LogP contribution in [0.5, 0.6) is 0 Å². The normalized spacial score (nSPS) is 14.8. The van der Waals surface area contributed by atoms with Crippen LogP contribution in [0.25, 0.3) is 0 Å². The number of carbonyl (C=O) groups excluding carboxylic acids is 3. The summed E-state index contributed by atoms with van der Waals surface area (Å²) in [6.07, 6.45) is 2.08. The minimum absolute atomic E-state index is 0.153. The Bertz CT molecular complexity index is 526. The summed E-state index contributed by atoms with van der Waals surface area (Å²) in [5.74, 6) is -0.629. The molecule has 114 valence electrons. The van der Waals surface area contributed by atoms with Crippen molar-refractivity contribution in [2.24, 2.45) is 7.05 Å². The van der Waals surface area contributed by atoms with Crippen LogP contribution in [0.15, 0.2) is 6.20 Å². The molecule has 0 aliphatic carbocycles. The third-order valence-corrected chi connectivity index (χ3v) is 2.98. The molecule has 2 rings (SSSR count). The van der Waals surface area contributed by atoms with Crippen molar-refractivity contribution in [2.75, 3.05) is 26.3 Å². The highest BCUT2D eigenvalue weighted by molar-refractivity contribution is 6.01. The summed E-state index contributed by atoms with van der Waals surface area (Å²) in [4.78, 5) is 35.5. The quantitative estimate of drug-likeness (QED) is 0.495. The Labute approximate surface area is 121 Å². The maximum atomic E-state index is 11.6. The minimum Gasteiger partial charge on any atom is -0.378 e. The Hall–Kier alpha value is -2.29. The van der Waals surface area contributed by atoms with Crippen molar-refractivity contribution in [1.29, 1.82) is 0 Å². The third kappa shape index (κ3) is 4.09. The minimum atomic E-state index is -0.323. The van der Waals surface area contributed by atoms with Crippen LogP contribution >= 0.6 is 0 Å². The molecule has 1 aliphatic heterocycles. The van der Waals surface area contributed by atoms with Gasteiger partial charge in [-0.15, -0.1) is 5.10 Å². The number of imide groups is 1. The molecule has 0 aromatic carbocycles. The van der Waals surface area contributed by atoms with Crippen molar-refractivity contribution >= 4 is 17.7 Å². The van der Waals surface area contributed by atoms with E-state index in [-0.39, 0.29) is 49.4 Å². The van der Waals surface area contributed by atoms with Crippen molar-refractivity contribution in [3.63, 3.8) is 0 Å². The number of ether oxygens (including phenoxy) is 1. The standard InChI is InChI=1S/C12H17N5O4/c1-16-8-9(14-15-16)12(20)13-4-6-21-7-5-17-10(18)2-3-11(17)19/h8H,2-7H2,1H3,(H,13,20). The second kappa shape index (κ2) is 6.93. The Morgan fingerprint density at radius 1 is 1.33 bits per heavy atom. The number of carbonyl (C=O) groups is 3. The van der Waals surface area contributed by atoms with Crippen LogP contribution in [-0.2, 0) is 21.4 Å². The molecule has 1 aromatic heterocycles. The van der Waals surface area contributed by atoms with Gasteiger partial charge in [0.2, 0.25) is 11.8 Å². The molecule has 0 saturated carbocycles. The van der Waals surface area contributed by atoms with E-state index in [1.807, 2.05) is 0 Å². The lowest BCUT2D eigenvalue weighted by atomic mass is 10.4. The van der Waals surface area contributed by atoms with Crippen molar-refractivity contribution in [1.82, 2.24) is 25.2 Å². The molecule has 3 amide bonds. The molecule has 0 spiro atoms. The molecular weight excluding hydrogens is 278 g/mol. The molecule has 1 fully saturated rings. The van der Waals surface area contributed by atoms with Gasteiger partial charge in [-0.05, 0) is 0 Å². The van der Waals surface area contributed by atoms with Crippen molar-refractivity contribution in [3.05, 3.63) is 11.9 Å². The zero-order valence-electron chi connectivity index (χ0n) is 11.7. The van der Waals surface area contributed by atoms with E-state index in [1.165, 1.54) is 15.8 Å². The number of aryl methyl sites for hydroxylation is 1. The molecule has 2 heterocycles. The first kappa shape index (κ1) is 15.1. The zero-order valence-corrected chi connectivity index (χ0v) is 11.7. The SMILES string of the molecule is Cn1cc(C(=O)NCCOCCN2C(=O)CCC2=O)nn1. The number of hydrogen-bond acceptors (Lipinski definition) is 6. The monoisotopic (exact) mass is 295 g/mol. The molecule has 1 saturated heterocycles. The molecule has 1 aliphatic rings. The first-order chi connectivity index (χ1) is 10.1. The first-order valence-electron chi connectivity index (χ1n) is 6.63. The summed E-state index contributed by atoms with van der Waals surface area (Å²) in [7, 11) is 1.67. The summed E-state index contributed by atoms with van der Waals surface area (Å²) >= 11 is 0. The Morgan fingerprint density at radius 2 is 2.05 bits per heavy atom. The van der Waals surface area contributed by atoms with Crippen LogP contribution in [-0.4, -0.2) is 63.9 Å². The largest absolute Gasteiger partial charge is 0.378 e. The lowest BCUT2D eigenvalue weighted by Gasteiger charge is -2.13. The second-order valence-corrected chi connectivity index (χ2v) is 4.58. The van der Waals surface area contributed by atoms with E-state index in [1.54, 1.807) is 7.05 Å². The number of aromatic nitrogens is 3. The smallest absolute Gasteiger partial charge is 0.273 e. The predicted octanol–water partition coefficient (Wildman–Crippen LogP) is -1.29. The summed E-state index contributed by atoms with van der Waals surface area (Å²) in [5, 5.41) is 9.97. The van der Waals surface area contributed by atoms with Crippen LogP contribution < -0.4 is 5.32 Å². The topological polar surface area (TPSA) is 106 Å². The number of nitrogens with one attached hydrogen (secondary N) is 1. The second-order valence-electron chi connectivity index (χ2n) is 4.58. The summed E-state index contributed by atoms with van der Waals surface area (Å²) in [6, 6.07) is 0. The van der Waals surface area contributed by atoms with Gasteiger partial charge in [-0.25, -0.2) is 0 Å². The van der Waals surface area contributed by atoms with Crippen LogP contribution in [0, 0.1) is 0 Å². The van der Waals surface area contributed by atoms with E-state index in [0.29, 0.717) is 13.2 Å². The van der Waals surface area contributed by atoms with Gasteiger partial charge in [0.15, 0.2) is 5.69 Å².